The van der Waals surface area contributed by atoms with Gasteiger partial charge in [-0.3, -0.25) is 5.21 Å². The second kappa shape index (κ2) is 11.4. The number of nitrogens with zero attached hydrogens (tertiary/aromatic N) is 4. The number of alkyl halides is 1. The van der Waals surface area contributed by atoms with Gasteiger partial charge in [0.2, 0.25) is 0 Å². The Bertz CT molecular complexity index is 887. The Hall–Kier alpha value is -2.75. The smallest absolute Gasteiger partial charge is 0.167 e. The van der Waals surface area contributed by atoms with Crippen LogP contribution in [0, 0.1) is 0 Å². The minimum absolute atomic E-state index is 0.0641. The Morgan fingerprint density at radius 2 is 1.91 bits per heavy atom. The van der Waals surface area contributed by atoms with Crippen molar-refractivity contribution in [3.05, 3.63) is 66.8 Å². The van der Waals surface area contributed by atoms with Gasteiger partial charge in [0.1, 0.15) is 23.9 Å². The molecule has 0 bridgehead atoms. The van der Waals surface area contributed by atoms with Crippen LogP contribution in [0.2, 0.25) is 0 Å². The van der Waals surface area contributed by atoms with E-state index in [1.807, 2.05) is 36.1 Å². The van der Waals surface area contributed by atoms with Crippen LogP contribution in [0.5, 0.6) is 5.75 Å². The highest BCUT2D eigenvalue weighted by Crippen LogP contribution is 2.26. The predicted molar refractivity (Wildman–Crippen MR) is 125 cm³/mol. The van der Waals surface area contributed by atoms with Gasteiger partial charge in [-0.2, -0.15) is 0 Å². The van der Waals surface area contributed by atoms with Crippen LogP contribution in [0.3, 0.4) is 0 Å². The summed E-state index contributed by atoms with van der Waals surface area (Å²) in [6.07, 6.45) is 2.76. The summed E-state index contributed by atoms with van der Waals surface area (Å²) in [6, 6.07) is 7.56. The molecule has 3 unspecified atom stereocenters. The van der Waals surface area contributed by atoms with E-state index in [0.29, 0.717) is 44.1 Å². The molecule has 2 N–H and O–H groups in total. The highest BCUT2D eigenvalue weighted by molar-refractivity contribution is 5.93. The number of amidine groups is 1. The molecule has 180 valence electrons. The Morgan fingerprint density at radius 1 is 1.21 bits per heavy atom. The van der Waals surface area contributed by atoms with Gasteiger partial charge in [-0.1, -0.05) is 25.3 Å². The summed E-state index contributed by atoms with van der Waals surface area (Å²) in [4.78, 5) is 8.10. The van der Waals surface area contributed by atoms with E-state index in [4.69, 9.17) is 4.74 Å². The third-order valence-corrected chi connectivity index (χ3v) is 5.76. The average Bonchev–Trinajstić information content (AvgIpc) is 3.43. The maximum atomic E-state index is 14.7. The second-order valence-electron chi connectivity index (χ2n) is 8.30. The summed E-state index contributed by atoms with van der Waals surface area (Å²) < 4.78 is 34.4. The van der Waals surface area contributed by atoms with E-state index >= 15 is 0 Å². The standard InChI is InChI=1S/C24H33F2N5O2/c1-5-22(26)24(27-23(6-2)30-13-11-19(25)15-30)31-14-12-21(16-31)33-20-9-7-18(8-10-20)17(3)28-29(4)32/h5-10,17,19,21,28,32H,1-2,11-16H2,3-4H3. The zero-order valence-electron chi connectivity index (χ0n) is 19.3. The van der Waals surface area contributed by atoms with E-state index in [9.17, 15) is 14.0 Å². The Balaban J connectivity index is 1.66. The monoisotopic (exact) mass is 461 g/mol. The molecule has 0 spiro atoms. The topological polar surface area (TPSA) is 63.6 Å². The number of hydrazine groups is 1. The minimum Gasteiger partial charge on any atom is -0.489 e. The van der Waals surface area contributed by atoms with Crippen LogP contribution in [0.25, 0.3) is 0 Å². The van der Waals surface area contributed by atoms with Gasteiger partial charge in [-0.05, 0) is 43.2 Å². The van der Waals surface area contributed by atoms with E-state index in [0.717, 1.165) is 16.8 Å². The summed E-state index contributed by atoms with van der Waals surface area (Å²) >= 11 is 0. The molecule has 0 aromatic heterocycles. The first kappa shape index (κ1) is 24.9. The highest BCUT2D eigenvalue weighted by Gasteiger charge is 2.29. The summed E-state index contributed by atoms with van der Waals surface area (Å²) in [5.74, 6) is 0.798. The van der Waals surface area contributed by atoms with Gasteiger partial charge >= 0.3 is 0 Å². The van der Waals surface area contributed by atoms with Crippen LogP contribution in [0.4, 0.5) is 8.78 Å². The number of nitrogens with one attached hydrogen (secondary N) is 1. The fraction of sp³-hybridized carbons (Fsp3) is 0.458. The molecule has 2 aliphatic rings. The molecule has 9 heteroatoms. The van der Waals surface area contributed by atoms with Gasteiger partial charge in [0.15, 0.2) is 11.6 Å². The lowest BCUT2D eigenvalue weighted by Gasteiger charge is -2.23. The molecule has 2 heterocycles. The van der Waals surface area contributed by atoms with Gasteiger partial charge < -0.3 is 14.5 Å². The lowest BCUT2D eigenvalue weighted by Crippen LogP contribution is -2.33. The summed E-state index contributed by atoms with van der Waals surface area (Å²) in [5.41, 5.74) is 3.88. The Labute approximate surface area is 194 Å². The lowest BCUT2D eigenvalue weighted by atomic mass is 10.1. The van der Waals surface area contributed by atoms with Crippen molar-refractivity contribution in [1.82, 2.24) is 20.4 Å². The molecule has 0 saturated carbocycles. The molecule has 2 aliphatic heterocycles. The molecule has 0 radical (unpaired) electrons. The number of ether oxygens (including phenoxy) is 1. The summed E-state index contributed by atoms with van der Waals surface area (Å²) in [7, 11) is 1.52. The number of hydrogen-bond donors (Lipinski definition) is 2. The van der Waals surface area contributed by atoms with Crippen molar-refractivity contribution in [1.29, 1.82) is 0 Å². The normalized spacial score (nSPS) is 23.0. The summed E-state index contributed by atoms with van der Waals surface area (Å²) in [5, 5.41) is 10.2. The largest absolute Gasteiger partial charge is 0.489 e. The zero-order chi connectivity index (χ0) is 24.0. The van der Waals surface area contributed by atoms with Crippen LogP contribution < -0.4 is 10.2 Å². The number of likely N-dealkylation sites (tertiary alicyclic amines) is 2. The third-order valence-electron chi connectivity index (χ3n) is 5.76. The van der Waals surface area contributed by atoms with Crippen molar-refractivity contribution < 1.29 is 18.7 Å². The number of rotatable bonds is 9. The molecular formula is C24H33F2N5O2. The fourth-order valence-corrected chi connectivity index (χ4v) is 4.05. The molecule has 3 atom stereocenters. The number of hydrogen-bond acceptors (Lipinski definition) is 6. The van der Waals surface area contributed by atoms with Gasteiger partial charge in [0.25, 0.3) is 0 Å². The van der Waals surface area contributed by atoms with Crippen LogP contribution in [0.1, 0.15) is 31.4 Å². The second-order valence-corrected chi connectivity index (χ2v) is 8.30. The van der Waals surface area contributed by atoms with Crippen molar-refractivity contribution in [2.45, 2.75) is 38.1 Å². The fourth-order valence-electron chi connectivity index (χ4n) is 4.05. The number of allylic oxidation sites excluding steroid dienone is 2. The van der Waals surface area contributed by atoms with Crippen molar-refractivity contribution in [2.24, 2.45) is 4.99 Å². The van der Waals surface area contributed by atoms with Crippen LogP contribution >= 0.6 is 0 Å². The molecule has 2 saturated heterocycles. The van der Waals surface area contributed by atoms with Crippen molar-refractivity contribution in [3.63, 3.8) is 0 Å². The molecule has 0 amide bonds. The molecule has 1 aromatic carbocycles. The van der Waals surface area contributed by atoms with Gasteiger partial charge in [-0.25, -0.2) is 19.2 Å². The number of benzene rings is 1. The molecular weight excluding hydrogens is 428 g/mol. The SMILES string of the molecule is C=CC(=NC(=C(F)C=C)N1CCC(Oc2ccc(C(C)NN(C)O)cc2)C1)N1CCC(F)C1. The number of hydroxylamine groups is 1. The molecule has 7 nitrogen and oxygen atoms in total. The quantitative estimate of drug-likeness (QED) is 0.251. The first-order valence-corrected chi connectivity index (χ1v) is 11.1. The highest BCUT2D eigenvalue weighted by atomic mass is 19.1. The van der Waals surface area contributed by atoms with E-state index in [2.05, 4.69) is 23.6 Å². The lowest BCUT2D eigenvalue weighted by molar-refractivity contribution is -0.121. The zero-order valence-corrected chi connectivity index (χ0v) is 19.3. The van der Waals surface area contributed by atoms with Crippen molar-refractivity contribution in [3.8, 4) is 5.75 Å². The van der Waals surface area contributed by atoms with E-state index in [-0.39, 0.29) is 24.5 Å². The molecule has 33 heavy (non-hydrogen) atoms. The predicted octanol–water partition coefficient (Wildman–Crippen LogP) is 3.98. The van der Waals surface area contributed by atoms with Crippen molar-refractivity contribution >= 4 is 5.84 Å². The van der Waals surface area contributed by atoms with Crippen molar-refractivity contribution in [2.75, 3.05) is 33.2 Å². The van der Waals surface area contributed by atoms with Crippen LogP contribution in [0.15, 0.2) is 66.2 Å². The van der Waals surface area contributed by atoms with E-state index in [1.54, 1.807) is 4.90 Å². The van der Waals surface area contributed by atoms with Crippen LogP contribution in [-0.4, -0.2) is 71.5 Å². The molecule has 1 aromatic rings. The number of halogens is 2. The van der Waals surface area contributed by atoms with E-state index in [1.165, 1.54) is 13.1 Å². The first-order valence-electron chi connectivity index (χ1n) is 11.1. The van der Waals surface area contributed by atoms with E-state index < -0.39 is 12.0 Å². The first-order chi connectivity index (χ1) is 15.8. The van der Waals surface area contributed by atoms with Gasteiger partial charge in [-0.15, -0.1) is 5.17 Å². The van der Waals surface area contributed by atoms with Gasteiger partial charge in [0.05, 0.1) is 13.1 Å². The van der Waals surface area contributed by atoms with Crippen LogP contribution in [-0.2, 0) is 0 Å². The molecule has 0 aliphatic carbocycles. The summed E-state index contributed by atoms with van der Waals surface area (Å²) in [6.45, 7) is 11.0. The Morgan fingerprint density at radius 3 is 2.48 bits per heavy atom. The third kappa shape index (κ3) is 6.63. The maximum absolute atomic E-state index is 14.7. The number of aliphatic imine (C=N–C) groups is 1. The Kier molecular flexibility index (Phi) is 8.60. The average molecular weight is 462 g/mol. The maximum Gasteiger partial charge on any atom is 0.167 e. The van der Waals surface area contributed by atoms with Gasteiger partial charge in [0, 0.05) is 32.6 Å². The minimum atomic E-state index is -0.911. The molecule has 2 fully saturated rings. The molecule has 3 rings (SSSR count).